The zero-order chi connectivity index (χ0) is 50.0. The van der Waals surface area contributed by atoms with Crippen molar-refractivity contribution in [3.8, 4) is 0 Å². The Morgan fingerprint density at radius 2 is 0.594 bits per heavy atom. The minimum absolute atomic E-state index is 0.379. The van der Waals surface area contributed by atoms with Crippen LogP contribution in [0.3, 0.4) is 0 Å². The van der Waals surface area contributed by atoms with Crippen LogP contribution in [0, 0.1) is 0 Å². The third kappa shape index (κ3) is 54.2. The summed E-state index contributed by atoms with van der Waals surface area (Å²) in [5.41, 5.74) is 0. The molecule has 0 aliphatic heterocycles. The van der Waals surface area contributed by atoms with Crippen LogP contribution in [-0.4, -0.2) is 46.1 Å². The number of carbonyl (C=O) groups excluding carboxylic acids is 1. The molecule has 0 fully saturated rings. The van der Waals surface area contributed by atoms with E-state index >= 15 is 0 Å². The van der Waals surface area contributed by atoms with Gasteiger partial charge in [-0.25, -0.2) is 0 Å². The highest BCUT2D eigenvalue weighted by Crippen LogP contribution is 2.18. The molecule has 0 spiro atoms. The fourth-order valence-electron chi connectivity index (χ4n) is 9.87. The Labute approximate surface area is 432 Å². The molecule has 0 aromatic heterocycles. The minimum atomic E-state index is -1.11. The molecule has 408 valence electrons. The number of amides is 1. The van der Waals surface area contributed by atoms with Crippen molar-refractivity contribution in [2.24, 2.45) is 0 Å². The van der Waals surface area contributed by atoms with E-state index in [2.05, 4.69) is 43.5 Å². The second-order valence-corrected chi connectivity index (χ2v) is 21.6. The van der Waals surface area contributed by atoms with E-state index in [1.165, 1.54) is 276 Å². The fraction of sp³-hybridized carbons (Fsp3) is 0.891. The molecule has 1 amide bonds. The summed E-state index contributed by atoms with van der Waals surface area (Å²) in [7, 11) is 0. The monoisotopic (exact) mass is 970 g/mol. The van der Waals surface area contributed by atoms with Crippen LogP contribution in [0.5, 0.6) is 0 Å². The summed E-state index contributed by atoms with van der Waals surface area (Å²) in [4.78, 5) is 12.6. The molecule has 69 heavy (non-hydrogen) atoms. The standard InChI is InChI=1S/C64H123NO4/c1-3-5-7-9-11-13-15-17-19-21-22-23-24-25-26-27-28-29-30-31-32-33-34-35-36-37-38-39-40-41-43-45-47-49-51-53-55-57-59-63(68)64(69)65-61(60-66)62(67)58-56-54-52-50-48-46-44-42-20-18-16-14-12-10-8-6-4-2/h20,42,48,50,56,58,61-63,66-68H,3-19,21-41,43-47,49,51-55,57,59-60H2,1-2H3,(H,65,69)/b42-20+,50-48+,58-56+. The lowest BCUT2D eigenvalue weighted by molar-refractivity contribution is -0.131. The van der Waals surface area contributed by atoms with Crippen LogP contribution in [0.1, 0.15) is 341 Å². The smallest absolute Gasteiger partial charge is 0.249 e. The highest BCUT2D eigenvalue weighted by molar-refractivity contribution is 5.80. The molecule has 0 bridgehead atoms. The average molecular weight is 971 g/mol. The molecule has 0 radical (unpaired) electrons. The maximum absolute atomic E-state index is 12.6. The van der Waals surface area contributed by atoms with Gasteiger partial charge in [0.2, 0.25) is 5.91 Å². The van der Waals surface area contributed by atoms with Crippen molar-refractivity contribution in [3.63, 3.8) is 0 Å². The second-order valence-electron chi connectivity index (χ2n) is 21.6. The third-order valence-electron chi connectivity index (χ3n) is 14.7. The molecule has 0 aromatic carbocycles. The number of rotatable bonds is 58. The summed E-state index contributed by atoms with van der Waals surface area (Å²) >= 11 is 0. The van der Waals surface area contributed by atoms with Gasteiger partial charge < -0.3 is 20.6 Å². The van der Waals surface area contributed by atoms with E-state index in [-0.39, 0.29) is 6.61 Å². The molecule has 4 N–H and O–H groups in total. The Hall–Kier alpha value is -1.43. The first-order chi connectivity index (χ1) is 34.1. The molecule has 0 aliphatic carbocycles. The van der Waals surface area contributed by atoms with Crippen molar-refractivity contribution in [1.29, 1.82) is 0 Å². The fourth-order valence-corrected chi connectivity index (χ4v) is 9.87. The number of hydrogen-bond donors (Lipinski definition) is 4. The van der Waals surface area contributed by atoms with Gasteiger partial charge in [-0.3, -0.25) is 4.79 Å². The number of hydrogen-bond acceptors (Lipinski definition) is 4. The predicted octanol–water partition coefficient (Wildman–Crippen LogP) is 19.8. The largest absolute Gasteiger partial charge is 0.394 e. The van der Waals surface area contributed by atoms with E-state index in [9.17, 15) is 20.1 Å². The number of nitrogens with one attached hydrogen (secondary N) is 1. The third-order valence-corrected chi connectivity index (χ3v) is 14.7. The van der Waals surface area contributed by atoms with Crippen LogP contribution < -0.4 is 5.32 Å². The SMILES string of the molecule is CCCCCCCCC/C=C/CC/C=C/CC/C=C/C(O)C(CO)NC(=O)C(O)CCCCCCCCCCCCCCCCCCCCCCCCCCCCCCCCCCCCCCCC. The van der Waals surface area contributed by atoms with E-state index in [0.29, 0.717) is 6.42 Å². The van der Waals surface area contributed by atoms with Crippen molar-refractivity contribution in [3.05, 3.63) is 36.5 Å². The molecule has 0 saturated heterocycles. The Morgan fingerprint density at radius 3 is 0.884 bits per heavy atom. The van der Waals surface area contributed by atoms with Gasteiger partial charge in [0, 0.05) is 0 Å². The Balaban J connectivity index is 3.47. The first-order valence-electron chi connectivity index (χ1n) is 31.3. The highest BCUT2D eigenvalue weighted by atomic mass is 16.3. The van der Waals surface area contributed by atoms with E-state index in [1.807, 2.05) is 6.08 Å². The Kier molecular flexibility index (Phi) is 57.9. The molecule has 3 atom stereocenters. The van der Waals surface area contributed by atoms with Gasteiger partial charge in [0.1, 0.15) is 6.10 Å². The van der Waals surface area contributed by atoms with Crippen LogP contribution in [0.2, 0.25) is 0 Å². The average Bonchev–Trinajstić information content (AvgIpc) is 3.35. The summed E-state index contributed by atoms with van der Waals surface area (Å²) in [5, 5.41) is 33.3. The van der Waals surface area contributed by atoms with Crippen LogP contribution >= 0.6 is 0 Å². The number of allylic oxidation sites excluding steroid dienone is 5. The van der Waals surface area contributed by atoms with Crippen LogP contribution in [0.25, 0.3) is 0 Å². The van der Waals surface area contributed by atoms with Gasteiger partial charge in [-0.15, -0.1) is 0 Å². The summed E-state index contributed by atoms with van der Waals surface area (Å²) in [6, 6.07) is -0.820. The number of unbranched alkanes of at least 4 members (excludes halogenated alkanes) is 46. The van der Waals surface area contributed by atoms with Gasteiger partial charge in [-0.1, -0.05) is 333 Å². The number of aliphatic hydroxyl groups is 3. The lowest BCUT2D eigenvalue weighted by Gasteiger charge is -2.21. The number of carbonyl (C=O) groups is 1. The maximum Gasteiger partial charge on any atom is 0.249 e. The lowest BCUT2D eigenvalue weighted by atomic mass is 10.0. The summed E-state index contributed by atoms with van der Waals surface area (Å²) in [5.74, 6) is -0.512. The van der Waals surface area contributed by atoms with Crippen molar-refractivity contribution in [2.45, 2.75) is 360 Å². The van der Waals surface area contributed by atoms with E-state index in [4.69, 9.17) is 0 Å². The maximum atomic E-state index is 12.6. The van der Waals surface area contributed by atoms with Crippen LogP contribution in [-0.2, 0) is 4.79 Å². The summed E-state index contributed by atoms with van der Waals surface area (Å²) < 4.78 is 0. The summed E-state index contributed by atoms with van der Waals surface area (Å²) in [6.45, 7) is 4.19. The van der Waals surface area contributed by atoms with E-state index in [0.717, 1.165) is 44.9 Å². The summed E-state index contributed by atoms with van der Waals surface area (Å²) in [6.07, 6.45) is 78.4. The van der Waals surface area contributed by atoms with Crippen LogP contribution in [0.4, 0.5) is 0 Å². The molecule has 5 heteroatoms. The predicted molar refractivity (Wildman–Crippen MR) is 305 cm³/mol. The first-order valence-corrected chi connectivity index (χ1v) is 31.3. The van der Waals surface area contributed by atoms with Gasteiger partial charge in [-0.2, -0.15) is 0 Å². The van der Waals surface area contributed by atoms with Crippen LogP contribution in [0.15, 0.2) is 36.5 Å². The van der Waals surface area contributed by atoms with Gasteiger partial charge in [0.15, 0.2) is 0 Å². The molecule has 0 aromatic rings. The minimum Gasteiger partial charge on any atom is -0.394 e. The van der Waals surface area contributed by atoms with Gasteiger partial charge in [-0.05, 0) is 44.9 Å². The quantitative estimate of drug-likeness (QED) is 0.0361. The van der Waals surface area contributed by atoms with E-state index in [1.54, 1.807) is 6.08 Å². The lowest BCUT2D eigenvalue weighted by Crippen LogP contribution is -2.48. The highest BCUT2D eigenvalue weighted by Gasteiger charge is 2.22. The number of aliphatic hydroxyl groups excluding tert-OH is 3. The molecule has 0 saturated carbocycles. The molecule has 3 unspecified atom stereocenters. The topological polar surface area (TPSA) is 89.8 Å². The Bertz CT molecular complexity index is 1070. The first kappa shape index (κ1) is 67.6. The van der Waals surface area contributed by atoms with E-state index < -0.39 is 24.2 Å². The second kappa shape index (κ2) is 59.1. The van der Waals surface area contributed by atoms with Gasteiger partial charge >= 0.3 is 0 Å². The van der Waals surface area contributed by atoms with Crippen molar-refractivity contribution < 1.29 is 20.1 Å². The van der Waals surface area contributed by atoms with Gasteiger partial charge in [0.05, 0.1) is 18.8 Å². The Morgan fingerprint density at radius 1 is 0.348 bits per heavy atom. The van der Waals surface area contributed by atoms with Crippen molar-refractivity contribution in [2.75, 3.05) is 6.61 Å². The zero-order valence-electron chi connectivity index (χ0n) is 46.7. The molecule has 0 heterocycles. The van der Waals surface area contributed by atoms with Crippen molar-refractivity contribution >= 4 is 5.91 Å². The molecule has 5 nitrogen and oxygen atoms in total. The zero-order valence-corrected chi connectivity index (χ0v) is 46.7. The van der Waals surface area contributed by atoms with Gasteiger partial charge in [0.25, 0.3) is 0 Å². The molecule has 0 rings (SSSR count). The normalized spacial score (nSPS) is 13.4. The van der Waals surface area contributed by atoms with Crippen molar-refractivity contribution in [1.82, 2.24) is 5.32 Å². The molecular weight excluding hydrogens is 847 g/mol. The molecular formula is C64H123NO4. The molecule has 0 aliphatic rings.